The summed E-state index contributed by atoms with van der Waals surface area (Å²) in [6.07, 6.45) is 0.923. The molecule has 1 saturated heterocycles. The second-order valence-electron chi connectivity index (χ2n) is 7.10. The Morgan fingerprint density at radius 2 is 1.89 bits per heavy atom. The number of rotatable bonds is 5. The number of amides is 2. The molecule has 0 unspecified atom stereocenters. The summed E-state index contributed by atoms with van der Waals surface area (Å²) in [7, 11) is 0. The maximum Gasteiger partial charge on any atom is 0.258 e. The van der Waals surface area contributed by atoms with E-state index >= 15 is 0 Å². The molecule has 1 heterocycles. The molecule has 6 heteroatoms. The molecule has 0 spiro atoms. The smallest absolute Gasteiger partial charge is 0.258 e. The Bertz CT molecular complexity index is 811. The second-order valence-corrected chi connectivity index (χ2v) is 7.10. The molecule has 3 rings (SSSR count). The number of fused-ring (bicyclic) bond motifs is 1. The first-order chi connectivity index (χ1) is 13.0. The van der Waals surface area contributed by atoms with Crippen molar-refractivity contribution in [2.24, 2.45) is 0 Å². The van der Waals surface area contributed by atoms with Crippen molar-refractivity contribution in [2.45, 2.75) is 26.3 Å². The molecule has 0 radical (unpaired) electrons. The zero-order valence-electron chi connectivity index (χ0n) is 16.0. The van der Waals surface area contributed by atoms with Gasteiger partial charge >= 0.3 is 0 Å². The summed E-state index contributed by atoms with van der Waals surface area (Å²) in [4.78, 5) is 27.0. The van der Waals surface area contributed by atoms with Crippen LogP contribution in [0.4, 0.5) is 0 Å². The van der Waals surface area contributed by atoms with E-state index in [1.54, 1.807) is 0 Å². The Labute approximate surface area is 159 Å². The zero-order valence-corrected chi connectivity index (χ0v) is 16.0. The number of carbonyl (C=O) groups excluding carboxylic acids is 2. The first-order valence-electron chi connectivity index (χ1n) is 9.49. The van der Waals surface area contributed by atoms with Crippen LogP contribution in [0, 0.1) is 0 Å². The maximum absolute atomic E-state index is 13.2. The van der Waals surface area contributed by atoms with Gasteiger partial charge in [-0.05, 0) is 49.7 Å². The van der Waals surface area contributed by atoms with E-state index in [2.05, 4.69) is 10.6 Å². The van der Waals surface area contributed by atoms with Gasteiger partial charge in [-0.2, -0.15) is 0 Å². The first kappa shape index (κ1) is 19.2. The van der Waals surface area contributed by atoms with E-state index in [4.69, 9.17) is 4.74 Å². The molecule has 0 aromatic heterocycles. The van der Waals surface area contributed by atoms with Crippen molar-refractivity contribution in [2.75, 3.05) is 32.8 Å². The summed E-state index contributed by atoms with van der Waals surface area (Å²) in [5, 5.41) is 8.07. The molecule has 1 aliphatic rings. The van der Waals surface area contributed by atoms with Crippen LogP contribution in [0.1, 0.15) is 30.6 Å². The molecule has 1 fully saturated rings. The number of hydrogen-bond donors (Lipinski definition) is 2. The quantitative estimate of drug-likeness (QED) is 0.848. The number of nitrogens with zero attached hydrogens (tertiary/aromatic N) is 1. The summed E-state index contributed by atoms with van der Waals surface area (Å²) in [6, 6.07) is 11.6. The molecule has 2 N–H and O–H groups in total. The Balaban J connectivity index is 1.88. The van der Waals surface area contributed by atoms with Crippen LogP contribution in [0.5, 0.6) is 5.75 Å². The summed E-state index contributed by atoms with van der Waals surface area (Å²) in [6.45, 7) is 6.77. The van der Waals surface area contributed by atoms with Gasteiger partial charge in [0.15, 0.2) is 6.61 Å². The molecular weight excluding hydrogens is 342 g/mol. The average molecular weight is 369 g/mol. The fourth-order valence-corrected chi connectivity index (χ4v) is 3.23. The molecule has 27 heavy (non-hydrogen) atoms. The molecule has 2 aromatic carbocycles. The third kappa shape index (κ3) is 4.98. The minimum atomic E-state index is -0.199. The van der Waals surface area contributed by atoms with Crippen molar-refractivity contribution in [3.63, 3.8) is 0 Å². The van der Waals surface area contributed by atoms with Crippen molar-refractivity contribution >= 4 is 22.6 Å². The van der Waals surface area contributed by atoms with Crippen LogP contribution < -0.4 is 15.4 Å². The molecule has 2 amide bonds. The molecule has 0 bridgehead atoms. The van der Waals surface area contributed by atoms with Crippen molar-refractivity contribution in [3.8, 4) is 5.75 Å². The molecule has 0 saturated carbocycles. The van der Waals surface area contributed by atoms with E-state index < -0.39 is 0 Å². The van der Waals surface area contributed by atoms with E-state index in [1.807, 2.05) is 55.1 Å². The third-order valence-corrected chi connectivity index (χ3v) is 4.51. The van der Waals surface area contributed by atoms with E-state index in [9.17, 15) is 9.59 Å². The third-order valence-electron chi connectivity index (χ3n) is 4.51. The van der Waals surface area contributed by atoms with Gasteiger partial charge in [-0.1, -0.05) is 24.3 Å². The van der Waals surface area contributed by atoms with Crippen molar-refractivity contribution in [1.29, 1.82) is 0 Å². The number of ether oxygens (including phenoxy) is 1. The number of benzene rings is 2. The lowest BCUT2D eigenvalue weighted by Gasteiger charge is -2.22. The molecule has 144 valence electrons. The fraction of sp³-hybridized carbons (Fsp3) is 0.429. The standard InChI is InChI=1S/C21H27N3O3/c1-15(2)23-20(25)14-27-19-13-17-7-4-3-6-16(17)12-18(19)21(26)24-10-5-8-22-9-11-24/h3-4,6-7,12-13,15,22H,5,8-11,14H2,1-2H3,(H,23,25). The fourth-order valence-electron chi connectivity index (χ4n) is 3.23. The Kier molecular flexibility index (Phi) is 6.29. The van der Waals surface area contributed by atoms with Gasteiger partial charge in [0.1, 0.15) is 5.75 Å². The van der Waals surface area contributed by atoms with Crippen LogP contribution in [0.3, 0.4) is 0 Å². The van der Waals surface area contributed by atoms with Crippen LogP contribution in [-0.2, 0) is 4.79 Å². The van der Waals surface area contributed by atoms with Crippen LogP contribution >= 0.6 is 0 Å². The Morgan fingerprint density at radius 3 is 2.63 bits per heavy atom. The van der Waals surface area contributed by atoms with Crippen LogP contribution in [0.15, 0.2) is 36.4 Å². The minimum absolute atomic E-state index is 0.0448. The largest absolute Gasteiger partial charge is 0.483 e. The van der Waals surface area contributed by atoms with Crippen LogP contribution in [-0.4, -0.2) is 55.5 Å². The highest BCUT2D eigenvalue weighted by molar-refractivity contribution is 6.01. The molecule has 6 nitrogen and oxygen atoms in total. The number of carbonyl (C=O) groups is 2. The lowest BCUT2D eigenvalue weighted by molar-refractivity contribution is -0.123. The monoisotopic (exact) mass is 369 g/mol. The molecule has 0 atom stereocenters. The van der Waals surface area contributed by atoms with E-state index in [0.29, 0.717) is 24.4 Å². The SMILES string of the molecule is CC(C)NC(=O)COc1cc2ccccc2cc1C(=O)N1CCCNCC1. The normalized spacial score (nSPS) is 14.9. The van der Waals surface area contributed by atoms with Crippen molar-refractivity contribution < 1.29 is 14.3 Å². The second kappa shape index (κ2) is 8.86. The molecular formula is C21H27N3O3. The summed E-state index contributed by atoms with van der Waals surface area (Å²) >= 11 is 0. The predicted octanol–water partition coefficient (Wildman–Crippen LogP) is 2.18. The van der Waals surface area contributed by atoms with Crippen molar-refractivity contribution in [1.82, 2.24) is 15.5 Å². The van der Waals surface area contributed by atoms with E-state index in [-0.39, 0.29) is 24.5 Å². The summed E-state index contributed by atoms with van der Waals surface area (Å²) in [5.41, 5.74) is 0.507. The summed E-state index contributed by atoms with van der Waals surface area (Å²) in [5.74, 6) is 0.203. The van der Waals surface area contributed by atoms with Gasteiger partial charge in [0, 0.05) is 25.7 Å². The van der Waals surface area contributed by atoms with Gasteiger partial charge in [0.05, 0.1) is 5.56 Å². The topological polar surface area (TPSA) is 70.7 Å². The first-order valence-corrected chi connectivity index (χ1v) is 9.49. The van der Waals surface area contributed by atoms with Gasteiger partial charge in [0.2, 0.25) is 0 Å². The van der Waals surface area contributed by atoms with E-state index in [0.717, 1.165) is 30.3 Å². The Morgan fingerprint density at radius 1 is 1.15 bits per heavy atom. The number of nitrogens with one attached hydrogen (secondary N) is 2. The van der Waals surface area contributed by atoms with E-state index in [1.165, 1.54) is 0 Å². The average Bonchev–Trinajstić information content (AvgIpc) is 2.94. The number of hydrogen-bond acceptors (Lipinski definition) is 4. The van der Waals surface area contributed by atoms with Gasteiger partial charge in [-0.15, -0.1) is 0 Å². The lowest BCUT2D eigenvalue weighted by Crippen LogP contribution is -2.35. The van der Waals surface area contributed by atoms with Gasteiger partial charge in [-0.3, -0.25) is 9.59 Å². The highest BCUT2D eigenvalue weighted by Crippen LogP contribution is 2.27. The summed E-state index contributed by atoms with van der Waals surface area (Å²) < 4.78 is 5.78. The lowest BCUT2D eigenvalue weighted by atomic mass is 10.0. The molecule has 1 aliphatic heterocycles. The zero-order chi connectivity index (χ0) is 19.2. The molecule has 2 aromatic rings. The highest BCUT2D eigenvalue weighted by Gasteiger charge is 2.22. The van der Waals surface area contributed by atoms with Gasteiger partial charge in [-0.25, -0.2) is 0 Å². The maximum atomic E-state index is 13.2. The van der Waals surface area contributed by atoms with Crippen LogP contribution in [0.2, 0.25) is 0 Å². The minimum Gasteiger partial charge on any atom is -0.483 e. The van der Waals surface area contributed by atoms with Gasteiger partial charge < -0.3 is 20.3 Å². The highest BCUT2D eigenvalue weighted by atomic mass is 16.5. The van der Waals surface area contributed by atoms with Crippen LogP contribution in [0.25, 0.3) is 10.8 Å². The van der Waals surface area contributed by atoms with Gasteiger partial charge in [0.25, 0.3) is 11.8 Å². The van der Waals surface area contributed by atoms with Crippen molar-refractivity contribution in [3.05, 3.63) is 42.0 Å². The molecule has 0 aliphatic carbocycles. The predicted molar refractivity (Wildman–Crippen MR) is 106 cm³/mol. The Hall–Kier alpha value is -2.60.